The molecule has 120 valence electrons. The van der Waals surface area contributed by atoms with Gasteiger partial charge in [0.05, 0.1) is 0 Å². The topological polar surface area (TPSA) is 20.3 Å². The number of carbonyl (C=O) groups is 1. The second kappa shape index (κ2) is 7.47. The Bertz CT molecular complexity index is 504. The molecule has 5 heteroatoms. The summed E-state index contributed by atoms with van der Waals surface area (Å²) in [5, 5.41) is 0. The maximum atomic E-state index is 12.8. The zero-order valence-corrected chi connectivity index (χ0v) is 12.4. The third kappa shape index (κ3) is 4.61. The number of rotatable bonds is 4. The first-order valence-electron chi connectivity index (χ1n) is 7.59. The van der Waals surface area contributed by atoms with Crippen molar-refractivity contribution in [2.45, 2.75) is 38.3 Å². The Morgan fingerprint density at radius 1 is 1.14 bits per heavy atom. The number of hydrogen-bond donors (Lipinski definition) is 0. The fourth-order valence-electron chi connectivity index (χ4n) is 2.75. The average Bonchev–Trinajstić information content (AvgIpc) is 2.52. The van der Waals surface area contributed by atoms with Crippen LogP contribution >= 0.6 is 0 Å². The van der Waals surface area contributed by atoms with Gasteiger partial charge in [0.1, 0.15) is 0 Å². The fourth-order valence-corrected chi connectivity index (χ4v) is 2.75. The monoisotopic (exact) mass is 311 g/mol. The number of hydrogen-bond acceptors (Lipinski definition) is 1. The molecule has 1 aromatic rings. The number of alkyl halides is 3. The van der Waals surface area contributed by atoms with E-state index in [4.69, 9.17) is 0 Å². The van der Waals surface area contributed by atoms with Gasteiger partial charge >= 0.3 is 12.1 Å². The molecule has 2 nitrogen and oxygen atoms in total. The number of amides is 1. The molecule has 0 aliphatic heterocycles. The first-order valence-corrected chi connectivity index (χ1v) is 7.59. The van der Waals surface area contributed by atoms with E-state index in [0.717, 1.165) is 17.7 Å². The van der Waals surface area contributed by atoms with E-state index in [0.29, 0.717) is 5.92 Å². The van der Waals surface area contributed by atoms with E-state index in [1.165, 1.54) is 31.4 Å². The molecule has 1 aliphatic carbocycles. The van der Waals surface area contributed by atoms with Gasteiger partial charge < -0.3 is 4.90 Å². The van der Waals surface area contributed by atoms with E-state index >= 15 is 0 Å². The highest BCUT2D eigenvalue weighted by molar-refractivity contribution is 5.97. The standard InChI is InChI=1S/C17H20F3NO/c18-17(19,20)16(22)21(15-11-5-2-6-12-15)13-7-10-14-8-3-1-4-9-14/h2,5-7,10-12,14H,1,3-4,8-9,13H2/b10-7+. The lowest BCUT2D eigenvalue weighted by Gasteiger charge is -2.23. The molecule has 2 rings (SSSR count). The van der Waals surface area contributed by atoms with Gasteiger partial charge in [-0.2, -0.15) is 13.2 Å². The van der Waals surface area contributed by atoms with Crippen molar-refractivity contribution in [1.82, 2.24) is 0 Å². The van der Waals surface area contributed by atoms with E-state index < -0.39 is 12.1 Å². The number of nitrogens with zero attached hydrogens (tertiary/aromatic N) is 1. The summed E-state index contributed by atoms with van der Waals surface area (Å²) in [5.74, 6) is -1.40. The van der Waals surface area contributed by atoms with E-state index in [-0.39, 0.29) is 12.2 Å². The van der Waals surface area contributed by atoms with Crippen molar-refractivity contribution in [3.8, 4) is 0 Å². The van der Waals surface area contributed by atoms with E-state index in [1.807, 2.05) is 6.08 Å². The molecule has 0 N–H and O–H groups in total. The lowest BCUT2D eigenvalue weighted by atomic mass is 9.89. The van der Waals surface area contributed by atoms with Crippen LogP contribution in [0.1, 0.15) is 32.1 Å². The summed E-state index contributed by atoms with van der Waals surface area (Å²) in [7, 11) is 0. The third-order valence-electron chi connectivity index (χ3n) is 3.90. The van der Waals surface area contributed by atoms with E-state index in [2.05, 4.69) is 0 Å². The van der Waals surface area contributed by atoms with Crippen molar-refractivity contribution >= 4 is 11.6 Å². The van der Waals surface area contributed by atoms with Crippen LogP contribution in [0.2, 0.25) is 0 Å². The van der Waals surface area contributed by atoms with Gasteiger partial charge in [-0.1, -0.05) is 49.6 Å². The highest BCUT2D eigenvalue weighted by atomic mass is 19.4. The quantitative estimate of drug-likeness (QED) is 0.737. The molecule has 1 saturated carbocycles. The maximum absolute atomic E-state index is 12.8. The van der Waals surface area contributed by atoms with Crippen molar-refractivity contribution in [3.05, 3.63) is 42.5 Å². The number of anilines is 1. The zero-order chi connectivity index (χ0) is 16.0. The third-order valence-corrected chi connectivity index (χ3v) is 3.90. The van der Waals surface area contributed by atoms with Gasteiger partial charge in [-0.25, -0.2) is 0 Å². The van der Waals surface area contributed by atoms with Crippen LogP contribution in [0.5, 0.6) is 0 Å². The Balaban J connectivity index is 2.08. The molecule has 1 fully saturated rings. The molecule has 0 heterocycles. The Hall–Kier alpha value is -1.78. The van der Waals surface area contributed by atoms with Gasteiger partial charge in [0.25, 0.3) is 0 Å². The Morgan fingerprint density at radius 3 is 2.36 bits per heavy atom. The van der Waals surface area contributed by atoms with Crippen LogP contribution in [-0.4, -0.2) is 18.6 Å². The molecule has 1 aliphatic rings. The Labute approximate surface area is 128 Å². The van der Waals surface area contributed by atoms with Crippen LogP contribution in [-0.2, 0) is 4.79 Å². The summed E-state index contributed by atoms with van der Waals surface area (Å²) in [6.07, 6.45) is 4.49. The SMILES string of the molecule is O=C(N(C/C=C/C1CCCCC1)c1ccccc1)C(F)(F)F. The van der Waals surface area contributed by atoms with Crippen LogP contribution in [0.4, 0.5) is 18.9 Å². The summed E-state index contributed by atoms with van der Waals surface area (Å²) >= 11 is 0. The van der Waals surface area contributed by atoms with Gasteiger partial charge in [-0.3, -0.25) is 4.79 Å². The predicted octanol–water partition coefficient (Wildman–Crippen LogP) is 4.72. The molecule has 1 amide bonds. The largest absolute Gasteiger partial charge is 0.471 e. The van der Waals surface area contributed by atoms with Crippen LogP contribution in [0.25, 0.3) is 0 Å². The normalized spacial score (nSPS) is 16.9. The van der Waals surface area contributed by atoms with Gasteiger partial charge in [-0.05, 0) is 30.9 Å². The van der Waals surface area contributed by atoms with Crippen LogP contribution < -0.4 is 4.90 Å². The summed E-state index contributed by atoms with van der Waals surface area (Å²) in [6, 6.07) is 7.97. The van der Waals surface area contributed by atoms with Crippen molar-refractivity contribution < 1.29 is 18.0 Å². The first kappa shape index (κ1) is 16.6. The molecule has 0 aromatic heterocycles. The van der Waals surface area contributed by atoms with E-state index in [1.54, 1.807) is 24.3 Å². The average molecular weight is 311 g/mol. The van der Waals surface area contributed by atoms with Crippen LogP contribution in [0.15, 0.2) is 42.5 Å². The minimum absolute atomic E-state index is 0.0567. The zero-order valence-electron chi connectivity index (χ0n) is 12.4. The van der Waals surface area contributed by atoms with Crippen molar-refractivity contribution in [3.63, 3.8) is 0 Å². The molecule has 0 atom stereocenters. The summed E-state index contributed by atoms with van der Waals surface area (Å²) < 4.78 is 38.3. The van der Waals surface area contributed by atoms with Crippen molar-refractivity contribution in [1.29, 1.82) is 0 Å². The highest BCUT2D eigenvalue weighted by Crippen LogP contribution is 2.26. The minimum atomic E-state index is -4.87. The fraction of sp³-hybridized carbons (Fsp3) is 0.471. The van der Waals surface area contributed by atoms with Crippen molar-refractivity contribution in [2.75, 3.05) is 11.4 Å². The molecule has 0 radical (unpaired) electrons. The minimum Gasteiger partial charge on any atom is -0.301 e. The molecule has 22 heavy (non-hydrogen) atoms. The second-order valence-electron chi connectivity index (χ2n) is 5.58. The highest BCUT2D eigenvalue weighted by Gasteiger charge is 2.42. The lowest BCUT2D eigenvalue weighted by Crippen LogP contribution is -2.41. The van der Waals surface area contributed by atoms with Crippen LogP contribution in [0, 0.1) is 5.92 Å². The molecular weight excluding hydrogens is 291 g/mol. The van der Waals surface area contributed by atoms with Crippen molar-refractivity contribution in [2.24, 2.45) is 5.92 Å². The second-order valence-corrected chi connectivity index (χ2v) is 5.58. The Morgan fingerprint density at radius 2 is 1.77 bits per heavy atom. The number of carbonyl (C=O) groups excluding carboxylic acids is 1. The number of allylic oxidation sites excluding steroid dienone is 1. The van der Waals surface area contributed by atoms with Gasteiger partial charge in [0.15, 0.2) is 0 Å². The molecule has 0 unspecified atom stereocenters. The smallest absolute Gasteiger partial charge is 0.301 e. The lowest BCUT2D eigenvalue weighted by molar-refractivity contribution is -0.170. The number of benzene rings is 1. The molecule has 0 spiro atoms. The molecule has 0 bridgehead atoms. The van der Waals surface area contributed by atoms with E-state index in [9.17, 15) is 18.0 Å². The summed E-state index contributed by atoms with van der Waals surface area (Å²) in [4.78, 5) is 12.4. The van der Waals surface area contributed by atoms with Crippen LogP contribution in [0.3, 0.4) is 0 Å². The summed E-state index contributed by atoms with van der Waals surface area (Å²) in [6.45, 7) is -0.0567. The maximum Gasteiger partial charge on any atom is 0.471 e. The van der Waals surface area contributed by atoms with Gasteiger partial charge in [0.2, 0.25) is 0 Å². The predicted molar refractivity (Wildman–Crippen MR) is 80.6 cm³/mol. The Kier molecular flexibility index (Phi) is 5.63. The number of halogens is 3. The molecule has 1 aromatic carbocycles. The first-order chi connectivity index (χ1) is 10.5. The van der Waals surface area contributed by atoms with Gasteiger partial charge in [0, 0.05) is 12.2 Å². The molecular formula is C17H20F3NO. The summed E-state index contributed by atoms with van der Waals surface area (Å²) in [5.41, 5.74) is 0.262. The number of para-hydroxylation sites is 1. The van der Waals surface area contributed by atoms with Gasteiger partial charge in [-0.15, -0.1) is 0 Å². The molecule has 0 saturated heterocycles.